The minimum Gasteiger partial charge on any atom is -0.457 e. The van der Waals surface area contributed by atoms with Crippen LogP contribution in [0.2, 0.25) is 0 Å². The summed E-state index contributed by atoms with van der Waals surface area (Å²) >= 11 is 3.34. The third kappa shape index (κ3) is 3.28. The van der Waals surface area contributed by atoms with Crippen LogP contribution in [0.1, 0.15) is 11.1 Å². The van der Waals surface area contributed by atoms with Crippen LogP contribution in [0.5, 0.6) is 11.5 Å². The normalized spacial score (nSPS) is 11.4. The summed E-state index contributed by atoms with van der Waals surface area (Å²) < 4.78 is 6.34. The average Bonchev–Trinajstić information content (AvgIpc) is 2.47. The lowest BCUT2D eigenvalue weighted by Crippen LogP contribution is -2.13. The first-order valence-electron chi connectivity index (χ1n) is 5.79. The molecule has 104 valence electrons. The van der Waals surface area contributed by atoms with Gasteiger partial charge in [-0.2, -0.15) is 0 Å². The summed E-state index contributed by atoms with van der Waals surface area (Å²) in [6.07, 6.45) is 0. The van der Waals surface area contributed by atoms with Crippen molar-refractivity contribution in [3.63, 3.8) is 0 Å². The van der Waals surface area contributed by atoms with Crippen molar-refractivity contribution in [3.05, 3.63) is 58.1 Å². The Morgan fingerprint density at radius 3 is 2.35 bits per heavy atom. The number of halogens is 1. The highest BCUT2D eigenvalue weighted by Crippen LogP contribution is 2.27. The second-order valence-electron chi connectivity index (χ2n) is 4.03. The zero-order chi connectivity index (χ0) is 14.5. The van der Waals surface area contributed by atoms with Crippen molar-refractivity contribution in [1.29, 1.82) is 0 Å². The van der Waals surface area contributed by atoms with E-state index in [1.54, 1.807) is 42.5 Å². The molecule has 5 nitrogen and oxygen atoms in total. The van der Waals surface area contributed by atoms with Crippen molar-refractivity contribution in [2.45, 2.75) is 6.61 Å². The summed E-state index contributed by atoms with van der Waals surface area (Å²) in [5.41, 5.74) is 6.93. The fourth-order valence-corrected chi connectivity index (χ4v) is 2.18. The summed E-state index contributed by atoms with van der Waals surface area (Å²) in [5.74, 6) is 1.30. The minimum absolute atomic E-state index is 0.000294. The van der Waals surface area contributed by atoms with Crippen molar-refractivity contribution in [3.8, 4) is 11.5 Å². The summed E-state index contributed by atoms with van der Waals surface area (Å²) in [6, 6.07) is 12.3. The molecule has 6 heteroatoms. The fraction of sp³-hybridized carbons (Fsp3) is 0.0714. The first-order valence-corrected chi connectivity index (χ1v) is 6.58. The second kappa shape index (κ2) is 6.40. The maximum atomic E-state index is 8.97. The maximum absolute atomic E-state index is 8.97. The van der Waals surface area contributed by atoms with Gasteiger partial charge in [-0.15, -0.1) is 0 Å². The third-order valence-electron chi connectivity index (χ3n) is 2.67. The molecule has 2 rings (SSSR count). The van der Waals surface area contributed by atoms with Crippen LogP contribution in [0.25, 0.3) is 0 Å². The third-order valence-corrected chi connectivity index (χ3v) is 3.32. The Bertz CT molecular complexity index is 627. The molecule has 0 saturated carbocycles. The Kier molecular flexibility index (Phi) is 4.60. The van der Waals surface area contributed by atoms with Crippen molar-refractivity contribution >= 4 is 21.8 Å². The number of aliphatic hydroxyl groups is 1. The Morgan fingerprint density at radius 1 is 1.15 bits per heavy atom. The Hall–Kier alpha value is -2.05. The lowest BCUT2D eigenvalue weighted by Gasteiger charge is -2.08. The predicted octanol–water partition coefficient (Wildman–Crippen LogP) is 2.83. The molecule has 0 heterocycles. The number of hydrogen-bond donors (Lipinski definition) is 3. The molecule has 0 amide bonds. The highest BCUT2D eigenvalue weighted by atomic mass is 79.9. The molecule has 2 aromatic rings. The first kappa shape index (κ1) is 14.4. The van der Waals surface area contributed by atoms with E-state index in [9.17, 15) is 0 Å². The largest absolute Gasteiger partial charge is 0.457 e. The Morgan fingerprint density at radius 2 is 1.80 bits per heavy atom. The van der Waals surface area contributed by atoms with Gasteiger partial charge in [-0.3, -0.25) is 0 Å². The highest BCUT2D eigenvalue weighted by molar-refractivity contribution is 9.10. The van der Waals surface area contributed by atoms with Gasteiger partial charge in [0, 0.05) is 10.0 Å². The summed E-state index contributed by atoms with van der Waals surface area (Å²) in [7, 11) is 0. The number of rotatable bonds is 4. The Balaban J connectivity index is 2.19. The van der Waals surface area contributed by atoms with Gasteiger partial charge in [0.05, 0.1) is 6.61 Å². The molecule has 0 spiro atoms. The van der Waals surface area contributed by atoms with E-state index in [4.69, 9.17) is 20.8 Å². The van der Waals surface area contributed by atoms with Crippen LogP contribution in [-0.4, -0.2) is 16.1 Å². The molecule has 0 fully saturated rings. The van der Waals surface area contributed by atoms with Crippen molar-refractivity contribution < 1.29 is 15.1 Å². The molecule has 0 saturated heterocycles. The van der Waals surface area contributed by atoms with Crippen LogP contribution >= 0.6 is 15.9 Å². The predicted molar refractivity (Wildman–Crippen MR) is 79.1 cm³/mol. The van der Waals surface area contributed by atoms with E-state index < -0.39 is 0 Å². The number of amidine groups is 1. The molecule has 0 aliphatic carbocycles. The Labute approximate surface area is 124 Å². The van der Waals surface area contributed by atoms with Crippen LogP contribution in [0.4, 0.5) is 0 Å². The topological polar surface area (TPSA) is 88.1 Å². The highest BCUT2D eigenvalue weighted by Gasteiger charge is 2.07. The summed E-state index contributed by atoms with van der Waals surface area (Å²) in [4.78, 5) is 0. The average molecular weight is 337 g/mol. The second-order valence-corrected chi connectivity index (χ2v) is 4.89. The van der Waals surface area contributed by atoms with Gasteiger partial charge in [0.15, 0.2) is 5.84 Å². The van der Waals surface area contributed by atoms with Crippen LogP contribution in [0.3, 0.4) is 0 Å². The molecule has 0 aliphatic heterocycles. The fourth-order valence-electron chi connectivity index (χ4n) is 1.62. The number of aliphatic hydroxyl groups excluding tert-OH is 1. The summed E-state index contributed by atoms with van der Waals surface area (Å²) in [6.45, 7) is 0.000294. The first-order chi connectivity index (χ1) is 9.63. The van der Waals surface area contributed by atoms with Crippen LogP contribution < -0.4 is 10.5 Å². The van der Waals surface area contributed by atoms with Crippen molar-refractivity contribution in [1.82, 2.24) is 0 Å². The number of nitrogens with two attached hydrogens (primary N) is 1. The van der Waals surface area contributed by atoms with Gasteiger partial charge in [0.25, 0.3) is 0 Å². The van der Waals surface area contributed by atoms with E-state index in [0.29, 0.717) is 21.5 Å². The van der Waals surface area contributed by atoms with Gasteiger partial charge in [-0.25, -0.2) is 0 Å². The summed E-state index contributed by atoms with van der Waals surface area (Å²) in [5, 5.41) is 20.6. The molecule has 20 heavy (non-hydrogen) atoms. The molecule has 0 aromatic heterocycles. The van der Waals surface area contributed by atoms with Gasteiger partial charge in [-0.1, -0.05) is 17.3 Å². The quantitative estimate of drug-likeness (QED) is 0.346. The van der Waals surface area contributed by atoms with E-state index in [0.717, 1.165) is 5.56 Å². The van der Waals surface area contributed by atoms with Crippen LogP contribution in [0, 0.1) is 0 Å². The molecule has 0 atom stereocenters. The van der Waals surface area contributed by atoms with Gasteiger partial charge < -0.3 is 20.8 Å². The van der Waals surface area contributed by atoms with E-state index in [2.05, 4.69) is 21.1 Å². The molecule has 0 bridgehead atoms. The SMILES string of the molecule is N/C(=N/O)c1ccc(Oc2ccc(CO)cc2)cc1Br. The molecule has 0 aliphatic rings. The van der Waals surface area contributed by atoms with Gasteiger partial charge in [0.1, 0.15) is 11.5 Å². The number of ether oxygens (including phenoxy) is 1. The van der Waals surface area contributed by atoms with Gasteiger partial charge >= 0.3 is 0 Å². The standard InChI is InChI=1S/C14H13BrN2O3/c15-13-7-11(5-6-12(13)14(16)17-19)20-10-3-1-9(8-18)2-4-10/h1-7,18-19H,8H2,(H2,16,17). The maximum Gasteiger partial charge on any atom is 0.171 e. The smallest absolute Gasteiger partial charge is 0.171 e. The number of oxime groups is 1. The number of hydrogen-bond acceptors (Lipinski definition) is 4. The van der Waals surface area contributed by atoms with E-state index in [1.807, 2.05) is 0 Å². The lowest BCUT2D eigenvalue weighted by molar-refractivity contribution is 0.281. The van der Waals surface area contributed by atoms with E-state index in [1.165, 1.54) is 0 Å². The molecule has 0 radical (unpaired) electrons. The van der Waals surface area contributed by atoms with Crippen molar-refractivity contribution in [2.24, 2.45) is 10.9 Å². The number of benzene rings is 2. The molecule has 4 N–H and O–H groups in total. The zero-order valence-electron chi connectivity index (χ0n) is 10.5. The van der Waals surface area contributed by atoms with E-state index >= 15 is 0 Å². The van der Waals surface area contributed by atoms with E-state index in [-0.39, 0.29) is 12.4 Å². The van der Waals surface area contributed by atoms with Crippen LogP contribution in [-0.2, 0) is 6.61 Å². The molecular weight excluding hydrogens is 324 g/mol. The molecular formula is C14H13BrN2O3. The zero-order valence-corrected chi connectivity index (χ0v) is 12.0. The van der Waals surface area contributed by atoms with Gasteiger partial charge in [-0.05, 0) is 51.8 Å². The van der Waals surface area contributed by atoms with Crippen molar-refractivity contribution in [2.75, 3.05) is 0 Å². The lowest BCUT2D eigenvalue weighted by atomic mass is 10.2. The minimum atomic E-state index is 0.000294. The molecule has 2 aromatic carbocycles. The molecule has 0 unspecified atom stereocenters. The number of nitrogens with zero attached hydrogens (tertiary/aromatic N) is 1. The van der Waals surface area contributed by atoms with Gasteiger partial charge in [0.2, 0.25) is 0 Å². The monoisotopic (exact) mass is 336 g/mol. The van der Waals surface area contributed by atoms with Crippen LogP contribution in [0.15, 0.2) is 52.1 Å².